The number of Topliss-reactive ketones (excluding diaryl/α,β-unsaturated/α-hetero) is 1. The molecule has 0 unspecified atom stereocenters. The third kappa shape index (κ3) is 6.11. The summed E-state index contributed by atoms with van der Waals surface area (Å²) in [4.78, 5) is 15.8. The maximum Gasteiger partial charge on any atom is 0.573 e. The summed E-state index contributed by atoms with van der Waals surface area (Å²) in [6, 6.07) is 18.9. The van der Waals surface area contributed by atoms with Gasteiger partial charge in [-0.1, -0.05) is 48.5 Å². The second kappa shape index (κ2) is 9.14. The molecule has 4 nitrogen and oxygen atoms in total. The van der Waals surface area contributed by atoms with Gasteiger partial charge in [-0.25, -0.2) is 4.85 Å². The van der Waals surface area contributed by atoms with Crippen molar-refractivity contribution in [3.63, 3.8) is 0 Å². The number of hydrogen-bond donors (Lipinski definition) is 0. The summed E-state index contributed by atoms with van der Waals surface area (Å²) in [6.07, 6.45) is -4.54. The Labute approximate surface area is 171 Å². The third-order valence-electron chi connectivity index (χ3n) is 4.15. The van der Waals surface area contributed by atoms with Gasteiger partial charge in [-0.3, -0.25) is 4.79 Å². The van der Waals surface area contributed by atoms with E-state index in [9.17, 15) is 18.0 Å². The zero-order chi connectivity index (χ0) is 21.6. The van der Waals surface area contributed by atoms with E-state index in [1.165, 1.54) is 24.3 Å². The maximum atomic E-state index is 12.5. The summed E-state index contributed by atoms with van der Waals surface area (Å²) in [7, 11) is 0. The Morgan fingerprint density at radius 2 is 1.57 bits per heavy atom. The van der Waals surface area contributed by atoms with Gasteiger partial charge in [-0.2, -0.15) is 0 Å². The van der Waals surface area contributed by atoms with Crippen LogP contribution >= 0.6 is 0 Å². The van der Waals surface area contributed by atoms with E-state index < -0.39 is 6.36 Å². The second-order valence-electron chi connectivity index (χ2n) is 6.39. The molecule has 0 heterocycles. The van der Waals surface area contributed by atoms with Crippen molar-refractivity contribution < 1.29 is 27.4 Å². The van der Waals surface area contributed by atoms with Crippen LogP contribution in [-0.4, -0.2) is 12.1 Å². The fourth-order valence-electron chi connectivity index (χ4n) is 2.69. The monoisotopic (exact) mass is 411 g/mol. The summed E-state index contributed by atoms with van der Waals surface area (Å²) in [6.45, 7) is 7.08. The molecule has 0 aliphatic rings. The molecular formula is C23H16F3NO3. The minimum Gasteiger partial charge on any atom is -0.489 e. The van der Waals surface area contributed by atoms with Crippen molar-refractivity contribution in [1.29, 1.82) is 0 Å². The molecule has 0 saturated heterocycles. The minimum absolute atomic E-state index is 0.0929. The van der Waals surface area contributed by atoms with Gasteiger partial charge in [-0.05, 0) is 35.4 Å². The van der Waals surface area contributed by atoms with E-state index in [-0.39, 0.29) is 24.6 Å². The molecule has 3 rings (SSSR count). The average molecular weight is 411 g/mol. The topological polar surface area (TPSA) is 39.9 Å². The Balaban J connectivity index is 1.59. The predicted octanol–water partition coefficient (Wildman–Crippen LogP) is 6.14. The molecule has 0 amide bonds. The molecule has 0 saturated carbocycles. The smallest absolute Gasteiger partial charge is 0.489 e. The Morgan fingerprint density at radius 1 is 0.900 bits per heavy atom. The van der Waals surface area contributed by atoms with E-state index in [0.717, 1.165) is 5.56 Å². The van der Waals surface area contributed by atoms with Gasteiger partial charge in [0.25, 0.3) is 0 Å². The molecule has 0 aliphatic heterocycles. The summed E-state index contributed by atoms with van der Waals surface area (Å²) in [5, 5.41) is 0. The lowest BCUT2D eigenvalue weighted by Crippen LogP contribution is -2.17. The van der Waals surface area contributed by atoms with Gasteiger partial charge < -0.3 is 9.47 Å². The lowest BCUT2D eigenvalue weighted by Gasteiger charge is -2.10. The zero-order valence-corrected chi connectivity index (χ0v) is 15.6. The number of ether oxygens (including phenoxy) is 2. The number of carbonyl (C=O) groups excluding carboxylic acids is 1. The molecule has 3 aromatic rings. The van der Waals surface area contributed by atoms with Gasteiger partial charge in [-0.15, -0.1) is 13.2 Å². The predicted molar refractivity (Wildman–Crippen MR) is 105 cm³/mol. The first-order chi connectivity index (χ1) is 14.3. The number of benzene rings is 3. The van der Waals surface area contributed by atoms with Crippen LogP contribution in [0.15, 0.2) is 72.8 Å². The van der Waals surface area contributed by atoms with Gasteiger partial charge in [0.15, 0.2) is 11.5 Å². The largest absolute Gasteiger partial charge is 0.573 e. The van der Waals surface area contributed by atoms with Crippen molar-refractivity contribution >= 4 is 11.5 Å². The number of carbonyl (C=O) groups is 1. The van der Waals surface area contributed by atoms with Crippen molar-refractivity contribution in [1.82, 2.24) is 0 Å². The number of hydrogen-bond acceptors (Lipinski definition) is 3. The van der Waals surface area contributed by atoms with Crippen LogP contribution in [0, 0.1) is 6.57 Å². The Bertz CT molecular complexity index is 1050. The van der Waals surface area contributed by atoms with E-state index in [1.807, 2.05) is 0 Å². The third-order valence-corrected chi connectivity index (χ3v) is 4.15. The number of ketones is 1. The van der Waals surface area contributed by atoms with Crippen molar-refractivity contribution in [2.24, 2.45) is 0 Å². The molecular weight excluding hydrogens is 395 g/mol. The van der Waals surface area contributed by atoms with Gasteiger partial charge in [0, 0.05) is 12.0 Å². The lowest BCUT2D eigenvalue weighted by molar-refractivity contribution is -0.274. The van der Waals surface area contributed by atoms with E-state index in [1.54, 1.807) is 48.5 Å². The van der Waals surface area contributed by atoms with Gasteiger partial charge >= 0.3 is 6.36 Å². The number of nitrogens with zero attached hydrogens (tertiary/aromatic N) is 1. The first-order valence-corrected chi connectivity index (χ1v) is 8.89. The van der Waals surface area contributed by atoms with Crippen LogP contribution < -0.4 is 9.47 Å². The quantitative estimate of drug-likeness (QED) is 0.346. The standard InChI is InChI=1S/C23H16F3NO3/c1-27-19-9-5-16(6-10-19)13-22(28)18-3-2-4-21(14-18)29-15-17-7-11-20(12-8-17)30-23(24,25)26/h2-12,14H,13,15H2. The van der Waals surface area contributed by atoms with Crippen LogP contribution in [0.25, 0.3) is 4.85 Å². The summed E-state index contributed by atoms with van der Waals surface area (Å²) in [5.41, 5.74) is 2.45. The van der Waals surface area contributed by atoms with E-state index in [0.29, 0.717) is 22.6 Å². The minimum atomic E-state index is -4.73. The molecule has 0 bridgehead atoms. The Kier molecular flexibility index (Phi) is 6.38. The number of alkyl halides is 3. The first kappa shape index (κ1) is 20.9. The molecule has 0 aliphatic carbocycles. The zero-order valence-electron chi connectivity index (χ0n) is 15.6. The molecule has 30 heavy (non-hydrogen) atoms. The molecule has 0 aromatic heterocycles. The highest BCUT2D eigenvalue weighted by molar-refractivity contribution is 5.97. The van der Waals surface area contributed by atoms with Crippen LogP contribution in [0.4, 0.5) is 18.9 Å². The fourth-order valence-corrected chi connectivity index (χ4v) is 2.69. The van der Waals surface area contributed by atoms with E-state index in [4.69, 9.17) is 11.3 Å². The van der Waals surface area contributed by atoms with Crippen molar-refractivity contribution in [3.05, 3.63) is 101 Å². The van der Waals surface area contributed by atoms with Crippen LogP contribution in [0.2, 0.25) is 0 Å². The van der Waals surface area contributed by atoms with Crippen LogP contribution in [-0.2, 0) is 13.0 Å². The van der Waals surface area contributed by atoms with Crippen molar-refractivity contribution in [3.8, 4) is 11.5 Å². The summed E-state index contributed by atoms with van der Waals surface area (Å²) < 4.78 is 46.1. The van der Waals surface area contributed by atoms with Crippen molar-refractivity contribution in [2.75, 3.05) is 0 Å². The fraction of sp³-hybridized carbons (Fsp3) is 0.130. The SMILES string of the molecule is [C-]#[N+]c1ccc(CC(=O)c2cccc(OCc3ccc(OC(F)(F)F)cc3)c2)cc1. The van der Waals surface area contributed by atoms with Crippen LogP contribution in [0.3, 0.4) is 0 Å². The van der Waals surface area contributed by atoms with Crippen LogP contribution in [0.1, 0.15) is 21.5 Å². The maximum absolute atomic E-state index is 12.5. The highest BCUT2D eigenvalue weighted by atomic mass is 19.4. The highest BCUT2D eigenvalue weighted by Crippen LogP contribution is 2.23. The average Bonchev–Trinajstić information content (AvgIpc) is 2.73. The molecule has 0 spiro atoms. The van der Waals surface area contributed by atoms with Gasteiger partial charge in [0.2, 0.25) is 0 Å². The number of rotatable bonds is 7. The normalized spacial score (nSPS) is 10.9. The number of halogens is 3. The molecule has 0 atom stereocenters. The van der Waals surface area contributed by atoms with Gasteiger partial charge in [0.05, 0.1) is 6.57 Å². The van der Waals surface area contributed by atoms with Crippen molar-refractivity contribution in [2.45, 2.75) is 19.4 Å². The van der Waals surface area contributed by atoms with Crippen LogP contribution in [0.5, 0.6) is 11.5 Å². The molecule has 0 fully saturated rings. The molecule has 7 heteroatoms. The summed E-state index contributed by atoms with van der Waals surface area (Å²) in [5.74, 6) is 0.0766. The molecule has 0 radical (unpaired) electrons. The lowest BCUT2D eigenvalue weighted by atomic mass is 10.0. The first-order valence-electron chi connectivity index (χ1n) is 8.89. The Hall–Kier alpha value is -3.79. The Morgan fingerprint density at radius 3 is 2.20 bits per heavy atom. The highest BCUT2D eigenvalue weighted by Gasteiger charge is 2.30. The molecule has 152 valence electrons. The van der Waals surface area contributed by atoms with Gasteiger partial charge in [0.1, 0.15) is 18.1 Å². The second-order valence-corrected chi connectivity index (χ2v) is 6.39. The van der Waals surface area contributed by atoms with E-state index >= 15 is 0 Å². The molecule has 0 N–H and O–H groups in total. The molecule has 3 aromatic carbocycles. The summed E-state index contributed by atoms with van der Waals surface area (Å²) >= 11 is 0. The van der Waals surface area contributed by atoms with E-state index in [2.05, 4.69) is 9.58 Å².